The average Bonchev–Trinajstić information content (AvgIpc) is 2.94. The van der Waals surface area contributed by atoms with Crippen LogP contribution < -0.4 is 10.6 Å². The molecular weight excluding hydrogens is 284 g/mol. The maximum absolute atomic E-state index is 12.3. The van der Waals surface area contributed by atoms with Crippen LogP contribution in [0.2, 0.25) is 5.02 Å². The highest BCUT2D eigenvalue weighted by atomic mass is 35.5. The second-order valence-electron chi connectivity index (χ2n) is 5.30. The molecule has 4 heteroatoms. The Hall–Kier alpha value is -2.00. The molecular formula is C17H17ClN2O. The van der Waals surface area contributed by atoms with Crippen LogP contribution in [0.1, 0.15) is 34.5 Å². The molecule has 1 heterocycles. The molecule has 2 N–H and O–H groups in total. The van der Waals surface area contributed by atoms with E-state index in [0.29, 0.717) is 10.6 Å². The number of nitrogens with one attached hydrogen (secondary N) is 2. The van der Waals surface area contributed by atoms with Crippen molar-refractivity contribution in [2.75, 3.05) is 11.9 Å². The van der Waals surface area contributed by atoms with E-state index in [1.165, 1.54) is 5.56 Å². The van der Waals surface area contributed by atoms with Gasteiger partial charge in [0.2, 0.25) is 0 Å². The summed E-state index contributed by atoms with van der Waals surface area (Å²) in [6.45, 7) is 2.90. The summed E-state index contributed by atoms with van der Waals surface area (Å²) in [4.78, 5) is 12.3. The maximum atomic E-state index is 12.3. The first kappa shape index (κ1) is 14.0. The molecule has 3 rings (SSSR count). The molecule has 2 aromatic rings. The van der Waals surface area contributed by atoms with Gasteiger partial charge < -0.3 is 10.6 Å². The molecule has 2 aromatic carbocycles. The van der Waals surface area contributed by atoms with Crippen molar-refractivity contribution in [3.63, 3.8) is 0 Å². The fourth-order valence-corrected chi connectivity index (χ4v) is 2.77. The molecule has 0 aromatic heterocycles. The molecule has 0 unspecified atom stereocenters. The summed E-state index contributed by atoms with van der Waals surface area (Å²) >= 11 is 5.99. The number of halogens is 1. The van der Waals surface area contributed by atoms with Gasteiger partial charge in [-0.3, -0.25) is 4.79 Å². The third-order valence-corrected chi connectivity index (χ3v) is 4.01. The van der Waals surface area contributed by atoms with Crippen molar-refractivity contribution in [3.8, 4) is 0 Å². The Balaban J connectivity index is 1.74. The summed E-state index contributed by atoms with van der Waals surface area (Å²) in [6.07, 6.45) is 1.02. The highest BCUT2D eigenvalue weighted by Gasteiger charge is 2.15. The Labute approximate surface area is 129 Å². The van der Waals surface area contributed by atoms with Gasteiger partial charge in [-0.05, 0) is 48.7 Å². The van der Waals surface area contributed by atoms with Gasteiger partial charge in [-0.25, -0.2) is 0 Å². The van der Waals surface area contributed by atoms with Crippen molar-refractivity contribution in [2.24, 2.45) is 0 Å². The molecule has 21 heavy (non-hydrogen) atoms. The van der Waals surface area contributed by atoms with Crippen LogP contribution in [0.3, 0.4) is 0 Å². The lowest BCUT2D eigenvalue weighted by molar-refractivity contribution is 0.0940. The van der Waals surface area contributed by atoms with Crippen molar-refractivity contribution in [3.05, 3.63) is 64.2 Å². The second-order valence-corrected chi connectivity index (χ2v) is 5.74. The predicted octanol–water partition coefficient (Wildman–Crippen LogP) is 3.80. The molecule has 0 saturated carbocycles. The number of fused-ring (bicyclic) bond motifs is 1. The van der Waals surface area contributed by atoms with Gasteiger partial charge in [-0.1, -0.05) is 29.8 Å². The van der Waals surface area contributed by atoms with E-state index in [-0.39, 0.29) is 11.9 Å². The summed E-state index contributed by atoms with van der Waals surface area (Å²) in [5.41, 5.74) is 4.01. The molecule has 0 fully saturated rings. The van der Waals surface area contributed by atoms with Crippen molar-refractivity contribution in [1.82, 2.24) is 5.32 Å². The third kappa shape index (κ3) is 3.03. The number of anilines is 1. The minimum Gasteiger partial charge on any atom is -0.384 e. The van der Waals surface area contributed by atoms with Gasteiger partial charge in [0.1, 0.15) is 0 Å². The van der Waals surface area contributed by atoms with E-state index < -0.39 is 0 Å². The van der Waals surface area contributed by atoms with Crippen molar-refractivity contribution >= 4 is 23.2 Å². The van der Waals surface area contributed by atoms with Crippen LogP contribution in [0.4, 0.5) is 5.69 Å². The number of hydrogen-bond acceptors (Lipinski definition) is 2. The molecule has 0 spiro atoms. The van der Waals surface area contributed by atoms with Gasteiger partial charge in [0.05, 0.1) is 6.04 Å². The Morgan fingerprint density at radius 1 is 1.29 bits per heavy atom. The van der Waals surface area contributed by atoms with Gasteiger partial charge in [-0.2, -0.15) is 0 Å². The molecule has 0 aliphatic carbocycles. The largest absolute Gasteiger partial charge is 0.384 e. The van der Waals surface area contributed by atoms with Gasteiger partial charge in [0, 0.05) is 22.8 Å². The van der Waals surface area contributed by atoms with Crippen molar-refractivity contribution in [2.45, 2.75) is 19.4 Å². The summed E-state index contributed by atoms with van der Waals surface area (Å²) in [7, 11) is 0. The van der Waals surface area contributed by atoms with E-state index in [1.807, 2.05) is 49.4 Å². The summed E-state index contributed by atoms with van der Waals surface area (Å²) in [6, 6.07) is 13.3. The molecule has 1 aliphatic rings. The van der Waals surface area contributed by atoms with Crippen LogP contribution >= 0.6 is 11.6 Å². The number of rotatable bonds is 3. The first-order chi connectivity index (χ1) is 10.1. The normalized spacial score (nSPS) is 14.2. The summed E-state index contributed by atoms with van der Waals surface area (Å²) < 4.78 is 0. The molecule has 0 radical (unpaired) electrons. The van der Waals surface area contributed by atoms with E-state index in [4.69, 9.17) is 11.6 Å². The number of amides is 1. The maximum Gasteiger partial charge on any atom is 0.251 e. The van der Waals surface area contributed by atoms with Crippen molar-refractivity contribution in [1.29, 1.82) is 0 Å². The standard InChI is InChI=1S/C17H17ClN2O/c1-11(13-3-2-4-15(18)9-13)20-17(21)14-6-5-12-7-8-19-16(12)10-14/h2-6,9-11,19H,7-8H2,1H3,(H,20,21)/t11-/m1/s1. The molecule has 1 amide bonds. The highest BCUT2D eigenvalue weighted by Crippen LogP contribution is 2.24. The Bertz CT molecular complexity index is 684. The quantitative estimate of drug-likeness (QED) is 0.905. The van der Waals surface area contributed by atoms with Crippen LogP contribution in [-0.2, 0) is 6.42 Å². The van der Waals surface area contributed by atoms with Gasteiger partial charge >= 0.3 is 0 Å². The molecule has 1 aliphatic heterocycles. The lowest BCUT2D eigenvalue weighted by Crippen LogP contribution is -2.26. The van der Waals surface area contributed by atoms with E-state index in [1.54, 1.807) is 0 Å². The lowest BCUT2D eigenvalue weighted by Gasteiger charge is -2.15. The van der Waals surface area contributed by atoms with Gasteiger partial charge in [0.15, 0.2) is 0 Å². The van der Waals surface area contributed by atoms with E-state index in [0.717, 1.165) is 24.2 Å². The topological polar surface area (TPSA) is 41.1 Å². The second kappa shape index (κ2) is 5.78. The fraction of sp³-hybridized carbons (Fsp3) is 0.235. The zero-order valence-corrected chi connectivity index (χ0v) is 12.6. The highest BCUT2D eigenvalue weighted by molar-refractivity contribution is 6.30. The van der Waals surface area contributed by atoms with E-state index in [2.05, 4.69) is 10.6 Å². The van der Waals surface area contributed by atoms with E-state index in [9.17, 15) is 4.79 Å². The fourth-order valence-electron chi connectivity index (χ4n) is 2.57. The smallest absolute Gasteiger partial charge is 0.251 e. The number of benzene rings is 2. The van der Waals surface area contributed by atoms with Gasteiger partial charge in [-0.15, -0.1) is 0 Å². The minimum atomic E-state index is -0.0857. The average molecular weight is 301 g/mol. The van der Waals surface area contributed by atoms with Crippen LogP contribution in [0, 0.1) is 0 Å². The number of carbonyl (C=O) groups excluding carboxylic acids is 1. The lowest BCUT2D eigenvalue weighted by atomic mass is 10.1. The summed E-state index contributed by atoms with van der Waals surface area (Å²) in [5, 5.41) is 6.97. The van der Waals surface area contributed by atoms with Crippen LogP contribution in [-0.4, -0.2) is 12.5 Å². The number of hydrogen-bond donors (Lipinski definition) is 2. The van der Waals surface area contributed by atoms with Crippen LogP contribution in [0.25, 0.3) is 0 Å². The number of carbonyl (C=O) groups is 1. The minimum absolute atomic E-state index is 0.0704. The Morgan fingerprint density at radius 2 is 2.14 bits per heavy atom. The molecule has 3 nitrogen and oxygen atoms in total. The zero-order valence-electron chi connectivity index (χ0n) is 11.8. The molecule has 108 valence electrons. The van der Waals surface area contributed by atoms with Crippen LogP contribution in [0.15, 0.2) is 42.5 Å². The first-order valence-corrected chi connectivity index (χ1v) is 7.44. The third-order valence-electron chi connectivity index (χ3n) is 3.78. The predicted molar refractivity (Wildman–Crippen MR) is 86.0 cm³/mol. The molecule has 0 bridgehead atoms. The molecule has 1 atom stereocenters. The first-order valence-electron chi connectivity index (χ1n) is 7.06. The monoisotopic (exact) mass is 300 g/mol. The Kier molecular flexibility index (Phi) is 3.84. The van der Waals surface area contributed by atoms with Crippen molar-refractivity contribution < 1.29 is 4.79 Å². The Morgan fingerprint density at radius 3 is 2.95 bits per heavy atom. The SMILES string of the molecule is C[C@@H](NC(=O)c1ccc2c(c1)NCC2)c1cccc(Cl)c1. The summed E-state index contributed by atoms with van der Waals surface area (Å²) in [5.74, 6) is -0.0704. The zero-order chi connectivity index (χ0) is 14.8. The van der Waals surface area contributed by atoms with Gasteiger partial charge in [0.25, 0.3) is 5.91 Å². The van der Waals surface area contributed by atoms with E-state index >= 15 is 0 Å². The van der Waals surface area contributed by atoms with Crippen LogP contribution in [0.5, 0.6) is 0 Å². The molecule has 0 saturated heterocycles.